The van der Waals surface area contributed by atoms with Gasteiger partial charge in [-0.25, -0.2) is 5.59 Å². The van der Waals surface area contributed by atoms with Crippen molar-refractivity contribution in [2.24, 2.45) is 0 Å². The van der Waals surface area contributed by atoms with E-state index in [0.717, 1.165) is 0 Å². The van der Waals surface area contributed by atoms with Crippen molar-refractivity contribution in [3.8, 4) is 0 Å². The van der Waals surface area contributed by atoms with Crippen molar-refractivity contribution < 1.29 is 58.2 Å². The van der Waals surface area contributed by atoms with Gasteiger partial charge in [0.05, 0.1) is 0 Å². The van der Waals surface area contributed by atoms with Crippen LogP contribution in [0, 0.1) is 0 Å². The van der Waals surface area contributed by atoms with Crippen molar-refractivity contribution in [2.75, 3.05) is 0 Å². The molecule has 0 amide bonds. The molecule has 0 aromatic rings. The van der Waals surface area contributed by atoms with Crippen LogP contribution in [-0.4, -0.2) is 5.59 Å². The van der Waals surface area contributed by atoms with Crippen LogP contribution in [0.5, 0.6) is 0 Å². The first-order chi connectivity index (χ1) is 1.41. The van der Waals surface area contributed by atoms with E-state index >= 15 is 0 Å². The molecule has 0 atom stereocenters. The molecule has 4 heavy (non-hydrogen) atoms. The average Bonchev–Trinajstić information content (AvgIpc) is 0.918. The maximum Gasteiger partial charge on any atom is 1.00 e. The molecule has 0 aliphatic carbocycles. The topological polar surface area (TPSA) is 22.3 Å². The van der Waals surface area contributed by atoms with Gasteiger partial charge in [0.1, 0.15) is 0 Å². The van der Waals surface area contributed by atoms with Crippen molar-refractivity contribution in [3.63, 3.8) is 0 Å². The van der Waals surface area contributed by atoms with Gasteiger partial charge in [0, 0.05) is 0 Å². The van der Waals surface area contributed by atoms with Gasteiger partial charge >= 0.3 is 58.2 Å². The summed E-state index contributed by atoms with van der Waals surface area (Å²) in [5.41, 5.74) is 1.56. The van der Waals surface area contributed by atoms with E-state index < -0.39 is 0 Å². The largest absolute Gasteiger partial charge is 1.00 e. The van der Waals surface area contributed by atoms with Crippen LogP contribution in [-0.2, 0) is 0 Å². The molecule has 0 spiro atoms. The molecule has 0 saturated carbocycles. The molecule has 0 unspecified atom stereocenters. The molecular weight excluding hydrogens is 142 g/mol. The summed E-state index contributed by atoms with van der Waals surface area (Å²) >= 11 is 0. The Balaban J connectivity index is 0. The predicted octanol–water partition coefficient (Wildman–Crippen LogP) is -2.39. The fraction of sp³-hybridized carbons (Fsp3) is 0. The molecule has 0 aromatic carbocycles. The third-order valence-corrected chi connectivity index (χ3v) is 0. The van der Waals surface area contributed by atoms with Crippen molar-refractivity contribution in [3.05, 3.63) is 5.41 Å². The minimum atomic E-state index is 0. The van der Waals surface area contributed by atoms with Crippen LogP contribution >= 0.6 is 8.86 Å². The third kappa shape index (κ3) is 9.36. The fourth-order valence-electron chi connectivity index (χ4n) is 0. The molecule has 3 heteroatoms. The number of hydrogen-bond donors (Lipinski definition) is 0. The Bertz CT molecular complexity index is 29.0. The van der Waals surface area contributed by atoms with Crippen LogP contribution in [0.2, 0.25) is 0 Å². The zero-order chi connectivity index (χ0) is 2.71. The van der Waals surface area contributed by atoms with Crippen LogP contribution < -0.4 is 58.2 Å². The van der Waals surface area contributed by atoms with E-state index in [0.29, 0.717) is 0 Å². The summed E-state index contributed by atoms with van der Waals surface area (Å²) in [5, 5.41) is 7.23. The Morgan fingerprint density at radius 1 is 1.75 bits per heavy atom. The first-order valence-electron chi connectivity index (χ1n) is 0.474. The monoisotopic (exact) mass is 143 g/mol. The average molecular weight is 143 g/mol. The molecule has 0 N–H and O–H groups in total. The molecule has 1 nitrogen and oxygen atoms in total. The van der Waals surface area contributed by atoms with Gasteiger partial charge in [0.2, 0.25) is 0 Å². The standard InChI is InChI=1S/CHNP.Rb/c2-1-3;/h3H;/q-1;+1. The molecule has 0 aliphatic rings. The number of rotatable bonds is 0. The first kappa shape index (κ1) is 9.19. The zero-order valence-corrected chi connectivity index (χ0v) is 8.36. The molecular formula is CHNPRb. The Kier molecular flexibility index (Phi) is 20.3. The van der Waals surface area contributed by atoms with Gasteiger partial charge in [-0.2, -0.15) is 0 Å². The number of hydrogen-bond acceptors (Lipinski definition) is 0. The summed E-state index contributed by atoms with van der Waals surface area (Å²) in [6, 6.07) is 0. The van der Waals surface area contributed by atoms with Crippen molar-refractivity contribution >= 4 is 14.5 Å². The minimum absolute atomic E-state index is 0. The van der Waals surface area contributed by atoms with E-state index in [9.17, 15) is 0 Å². The van der Waals surface area contributed by atoms with Crippen molar-refractivity contribution in [1.29, 1.82) is 0 Å². The quantitative estimate of drug-likeness (QED) is 0.267. The molecule has 16 valence electrons. The van der Waals surface area contributed by atoms with E-state index in [1.54, 1.807) is 5.59 Å². The second kappa shape index (κ2) is 8.82. The molecule has 0 aromatic heterocycles. The maximum atomic E-state index is 7.23. The summed E-state index contributed by atoms with van der Waals surface area (Å²) in [4.78, 5) is 0. The SMILES string of the molecule is [N-]=C=P.[Rb+]. The summed E-state index contributed by atoms with van der Waals surface area (Å²) in [5.74, 6) is 0. The van der Waals surface area contributed by atoms with Gasteiger partial charge in [0.15, 0.2) is 0 Å². The van der Waals surface area contributed by atoms with Gasteiger partial charge in [-0.15, -0.1) is 0 Å². The van der Waals surface area contributed by atoms with Crippen LogP contribution in [0.3, 0.4) is 0 Å². The molecule has 0 saturated heterocycles. The molecule has 0 bridgehead atoms. The van der Waals surface area contributed by atoms with Gasteiger partial charge in [-0.1, -0.05) is 8.86 Å². The molecule has 0 radical (unpaired) electrons. The Morgan fingerprint density at radius 2 is 1.75 bits per heavy atom. The number of nitrogens with zero attached hydrogens (tertiary/aromatic N) is 1. The van der Waals surface area contributed by atoms with Gasteiger partial charge in [-0.3, -0.25) is 0 Å². The summed E-state index contributed by atoms with van der Waals surface area (Å²) < 4.78 is 0. The Morgan fingerprint density at radius 3 is 1.75 bits per heavy atom. The maximum absolute atomic E-state index is 7.23. The van der Waals surface area contributed by atoms with Crippen LogP contribution in [0.15, 0.2) is 0 Å². The van der Waals surface area contributed by atoms with Crippen molar-refractivity contribution in [1.82, 2.24) is 0 Å². The van der Waals surface area contributed by atoms with Crippen LogP contribution in [0.4, 0.5) is 0 Å². The smallest absolute Gasteiger partial charge is 0.759 e. The molecule has 0 heterocycles. The van der Waals surface area contributed by atoms with E-state index in [1.165, 1.54) is 0 Å². The van der Waals surface area contributed by atoms with E-state index in [2.05, 4.69) is 8.86 Å². The van der Waals surface area contributed by atoms with E-state index in [1.807, 2.05) is 0 Å². The van der Waals surface area contributed by atoms with Crippen LogP contribution in [0.1, 0.15) is 0 Å². The predicted molar refractivity (Wildman–Crippen MR) is 16.7 cm³/mol. The molecule has 0 fully saturated rings. The second-order valence-electron chi connectivity index (χ2n) is 0.112. The minimum Gasteiger partial charge on any atom is -0.759 e. The molecule has 0 aliphatic heterocycles. The summed E-state index contributed by atoms with van der Waals surface area (Å²) in [6.45, 7) is 0. The van der Waals surface area contributed by atoms with Gasteiger partial charge in [0.25, 0.3) is 0 Å². The first-order valence-corrected chi connectivity index (χ1v) is 0.974. The van der Waals surface area contributed by atoms with E-state index in [-0.39, 0.29) is 58.2 Å². The summed E-state index contributed by atoms with van der Waals surface area (Å²) in [6.07, 6.45) is 0. The normalized spacial score (nSPS) is 2.00. The van der Waals surface area contributed by atoms with Crippen LogP contribution in [0.25, 0.3) is 5.41 Å². The van der Waals surface area contributed by atoms with Gasteiger partial charge in [-0.05, 0) is 0 Å². The Hall–Kier alpha value is 1.69. The molecule has 0 rings (SSSR count). The van der Waals surface area contributed by atoms with Gasteiger partial charge < -0.3 is 5.41 Å². The third-order valence-electron chi connectivity index (χ3n) is 0. The Labute approximate surface area is 76.3 Å². The second-order valence-corrected chi connectivity index (χ2v) is 0.335. The zero-order valence-electron chi connectivity index (χ0n) is 2.45. The van der Waals surface area contributed by atoms with Crippen molar-refractivity contribution in [2.45, 2.75) is 0 Å². The fourth-order valence-corrected chi connectivity index (χ4v) is 0. The van der Waals surface area contributed by atoms with E-state index in [4.69, 9.17) is 5.41 Å². The summed E-state index contributed by atoms with van der Waals surface area (Å²) in [7, 11) is 2.49.